The first kappa shape index (κ1) is 16.5. The van der Waals surface area contributed by atoms with E-state index in [0.717, 1.165) is 12.0 Å². The molecule has 1 aliphatic carbocycles. The molecule has 0 aliphatic heterocycles. The summed E-state index contributed by atoms with van der Waals surface area (Å²) >= 11 is 0.485. The fraction of sp³-hybridized carbons (Fsp3) is 0.375. The van der Waals surface area contributed by atoms with Crippen LogP contribution in [0.15, 0.2) is 35.2 Å². The molecule has 0 saturated heterocycles. The number of halogens is 2. The molecule has 3 nitrogen and oxygen atoms in total. The molecule has 0 spiro atoms. The van der Waals surface area contributed by atoms with Gasteiger partial charge in [0.05, 0.1) is 6.07 Å². The van der Waals surface area contributed by atoms with Crippen LogP contribution in [0.5, 0.6) is 0 Å². The second-order valence-corrected chi connectivity index (χ2v) is 6.24. The Hall–Kier alpha value is -1.87. The van der Waals surface area contributed by atoms with Gasteiger partial charge in [-0.05, 0) is 43.0 Å². The number of alkyl halides is 2. The first-order chi connectivity index (χ1) is 10.5. The van der Waals surface area contributed by atoms with E-state index in [4.69, 9.17) is 0 Å². The van der Waals surface area contributed by atoms with Gasteiger partial charge in [0, 0.05) is 18.0 Å². The highest BCUT2D eigenvalue weighted by atomic mass is 32.2. The van der Waals surface area contributed by atoms with Crippen molar-refractivity contribution in [2.45, 2.75) is 35.5 Å². The van der Waals surface area contributed by atoms with E-state index in [0.29, 0.717) is 29.5 Å². The molecule has 0 unspecified atom stereocenters. The summed E-state index contributed by atoms with van der Waals surface area (Å²) < 4.78 is 24.4. The lowest BCUT2D eigenvalue weighted by molar-refractivity contribution is -0.130. The van der Waals surface area contributed by atoms with Crippen LogP contribution in [0.4, 0.5) is 8.78 Å². The predicted molar refractivity (Wildman–Crippen MR) is 82.3 cm³/mol. The van der Waals surface area contributed by atoms with E-state index in [-0.39, 0.29) is 5.91 Å². The van der Waals surface area contributed by atoms with Gasteiger partial charge in [0.1, 0.15) is 5.54 Å². The Morgan fingerprint density at radius 2 is 2.05 bits per heavy atom. The van der Waals surface area contributed by atoms with Crippen LogP contribution in [0.25, 0.3) is 6.08 Å². The van der Waals surface area contributed by atoms with Crippen LogP contribution < -0.4 is 0 Å². The van der Waals surface area contributed by atoms with Crippen molar-refractivity contribution < 1.29 is 13.6 Å². The van der Waals surface area contributed by atoms with Gasteiger partial charge in [-0.25, -0.2) is 0 Å². The van der Waals surface area contributed by atoms with Gasteiger partial charge in [0.25, 0.3) is 5.76 Å². The lowest BCUT2D eigenvalue weighted by atomic mass is 9.76. The Kier molecular flexibility index (Phi) is 5.19. The minimum absolute atomic E-state index is 0.229. The summed E-state index contributed by atoms with van der Waals surface area (Å²) in [4.78, 5) is 14.1. The third-order valence-corrected chi connectivity index (χ3v) is 4.61. The van der Waals surface area contributed by atoms with E-state index in [2.05, 4.69) is 6.07 Å². The van der Waals surface area contributed by atoms with Crippen LogP contribution in [0.1, 0.15) is 24.8 Å². The lowest BCUT2D eigenvalue weighted by Crippen LogP contribution is -2.52. The maximum atomic E-state index is 12.2. The molecule has 1 aromatic rings. The number of hydrogen-bond donors (Lipinski definition) is 0. The second kappa shape index (κ2) is 6.93. The van der Waals surface area contributed by atoms with E-state index < -0.39 is 11.3 Å². The highest BCUT2D eigenvalue weighted by Crippen LogP contribution is 2.36. The standard InChI is InChI=1S/C16H16F2N2OS/c1-20(16(11-19)9-2-10-16)14(21)8-5-12-3-6-13(7-4-12)22-15(17)18/h3-8,15H,2,9-10H2,1H3/b8-5+. The summed E-state index contributed by atoms with van der Waals surface area (Å²) in [5.41, 5.74) is 0.0825. The second-order valence-electron chi connectivity index (χ2n) is 5.18. The average molecular weight is 322 g/mol. The van der Waals surface area contributed by atoms with E-state index in [1.807, 2.05) is 0 Å². The average Bonchev–Trinajstić information content (AvgIpc) is 2.45. The van der Waals surface area contributed by atoms with Gasteiger partial charge in [-0.1, -0.05) is 23.9 Å². The minimum atomic E-state index is -2.44. The van der Waals surface area contributed by atoms with Crippen LogP contribution in [0.3, 0.4) is 0 Å². The maximum Gasteiger partial charge on any atom is 0.288 e. The number of thioether (sulfide) groups is 1. The van der Waals surface area contributed by atoms with Crippen molar-refractivity contribution in [1.82, 2.24) is 4.90 Å². The van der Waals surface area contributed by atoms with Crippen LogP contribution >= 0.6 is 11.8 Å². The van der Waals surface area contributed by atoms with Gasteiger partial charge in [-0.2, -0.15) is 14.0 Å². The molecule has 1 aliphatic rings. The maximum absolute atomic E-state index is 12.2. The number of nitrogens with zero attached hydrogens (tertiary/aromatic N) is 2. The number of likely N-dealkylation sites (N-methyl/N-ethyl adjacent to an activating group) is 1. The van der Waals surface area contributed by atoms with Crippen molar-refractivity contribution in [3.63, 3.8) is 0 Å². The van der Waals surface area contributed by atoms with Crippen LogP contribution in [-0.2, 0) is 4.79 Å². The summed E-state index contributed by atoms with van der Waals surface area (Å²) in [6.45, 7) is 0. The van der Waals surface area contributed by atoms with E-state index in [1.54, 1.807) is 37.4 Å². The molecule has 2 rings (SSSR count). The molecule has 22 heavy (non-hydrogen) atoms. The summed E-state index contributed by atoms with van der Waals surface area (Å²) in [7, 11) is 1.64. The molecule has 0 radical (unpaired) electrons. The molecule has 6 heteroatoms. The molecule has 1 aromatic carbocycles. The number of carbonyl (C=O) groups excluding carboxylic acids is 1. The fourth-order valence-corrected chi connectivity index (χ4v) is 2.78. The van der Waals surface area contributed by atoms with Gasteiger partial charge in [0.15, 0.2) is 0 Å². The number of carbonyl (C=O) groups is 1. The normalized spacial score (nSPS) is 16.3. The van der Waals surface area contributed by atoms with Crippen LogP contribution in [0.2, 0.25) is 0 Å². The number of amides is 1. The molecule has 0 atom stereocenters. The molecule has 0 bridgehead atoms. The Morgan fingerprint density at radius 3 is 2.50 bits per heavy atom. The number of hydrogen-bond acceptors (Lipinski definition) is 3. The van der Waals surface area contributed by atoms with Crippen molar-refractivity contribution in [3.8, 4) is 6.07 Å². The molecule has 0 aromatic heterocycles. The molecule has 1 amide bonds. The predicted octanol–water partition coefficient (Wildman–Crippen LogP) is 3.92. The Morgan fingerprint density at radius 1 is 1.41 bits per heavy atom. The zero-order valence-corrected chi connectivity index (χ0v) is 12.9. The number of rotatable bonds is 5. The molecule has 0 heterocycles. The third-order valence-electron chi connectivity index (χ3n) is 3.89. The van der Waals surface area contributed by atoms with Crippen molar-refractivity contribution in [2.24, 2.45) is 0 Å². The lowest BCUT2D eigenvalue weighted by Gasteiger charge is -2.42. The summed E-state index contributed by atoms with van der Waals surface area (Å²) in [5.74, 6) is -2.67. The van der Waals surface area contributed by atoms with Crippen molar-refractivity contribution in [2.75, 3.05) is 7.05 Å². The minimum Gasteiger partial charge on any atom is -0.323 e. The molecule has 1 saturated carbocycles. The SMILES string of the molecule is CN(C(=O)/C=C/c1ccc(SC(F)F)cc1)C1(C#N)CCC1. The third kappa shape index (κ3) is 3.66. The molecule has 1 fully saturated rings. The summed E-state index contributed by atoms with van der Waals surface area (Å²) in [6, 6.07) is 8.76. The Balaban J connectivity index is 1.99. The van der Waals surface area contributed by atoms with Gasteiger partial charge in [-0.3, -0.25) is 4.79 Å². The van der Waals surface area contributed by atoms with E-state index in [1.165, 1.54) is 11.0 Å². The Labute approximate surface area is 132 Å². The zero-order valence-electron chi connectivity index (χ0n) is 12.1. The van der Waals surface area contributed by atoms with Crippen LogP contribution in [0, 0.1) is 11.3 Å². The molecular weight excluding hydrogens is 306 g/mol. The van der Waals surface area contributed by atoms with Gasteiger partial charge in [0.2, 0.25) is 5.91 Å². The Bertz CT molecular complexity index is 604. The zero-order chi connectivity index (χ0) is 16.2. The first-order valence-corrected chi connectivity index (χ1v) is 7.77. The smallest absolute Gasteiger partial charge is 0.288 e. The monoisotopic (exact) mass is 322 g/mol. The van der Waals surface area contributed by atoms with Crippen molar-refractivity contribution in [1.29, 1.82) is 5.26 Å². The number of nitriles is 1. The molecule has 116 valence electrons. The summed E-state index contributed by atoms with van der Waals surface area (Å²) in [6.07, 6.45) is 5.41. The van der Waals surface area contributed by atoms with Gasteiger partial charge >= 0.3 is 0 Å². The first-order valence-electron chi connectivity index (χ1n) is 6.89. The quantitative estimate of drug-likeness (QED) is 0.609. The summed E-state index contributed by atoms with van der Waals surface area (Å²) in [5, 5.41) is 9.21. The van der Waals surface area contributed by atoms with E-state index >= 15 is 0 Å². The van der Waals surface area contributed by atoms with Crippen molar-refractivity contribution >= 4 is 23.7 Å². The highest BCUT2D eigenvalue weighted by molar-refractivity contribution is 7.99. The number of benzene rings is 1. The van der Waals surface area contributed by atoms with E-state index in [9.17, 15) is 18.8 Å². The fourth-order valence-electron chi connectivity index (χ4n) is 2.28. The highest BCUT2D eigenvalue weighted by Gasteiger charge is 2.42. The van der Waals surface area contributed by atoms with Gasteiger partial charge in [-0.15, -0.1) is 0 Å². The van der Waals surface area contributed by atoms with Crippen LogP contribution in [-0.4, -0.2) is 29.2 Å². The molecule has 0 N–H and O–H groups in total. The van der Waals surface area contributed by atoms with Gasteiger partial charge < -0.3 is 4.90 Å². The molecular formula is C16H16F2N2OS. The van der Waals surface area contributed by atoms with Crippen molar-refractivity contribution in [3.05, 3.63) is 35.9 Å². The topological polar surface area (TPSA) is 44.1 Å². The largest absolute Gasteiger partial charge is 0.323 e.